The average Bonchev–Trinajstić information content (AvgIpc) is 2.85. The maximum atomic E-state index is 12.5. The molecule has 1 aromatic carbocycles. The molecule has 0 aliphatic carbocycles. The van der Waals surface area contributed by atoms with Gasteiger partial charge in [-0.2, -0.15) is 0 Å². The summed E-state index contributed by atoms with van der Waals surface area (Å²) in [4.78, 5) is 15.0. The summed E-state index contributed by atoms with van der Waals surface area (Å²) in [6.45, 7) is 10.4. The van der Waals surface area contributed by atoms with Crippen LogP contribution in [-0.4, -0.2) is 42.1 Å². The molecule has 1 saturated heterocycles. The fourth-order valence-electron chi connectivity index (χ4n) is 4.06. The van der Waals surface area contributed by atoms with Gasteiger partial charge in [-0.25, -0.2) is 0 Å². The van der Waals surface area contributed by atoms with Gasteiger partial charge in [0, 0.05) is 25.0 Å². The topological polar surface area (TPSA) is 65.7 Å². The van der Waals surface area contributed by atoms with E-state index >= 15 is 0 Å². The van der Waals surface area contributed by atoms with Crippen molar-refractivity contribution in [3.8, 4) is 5.75 Å². The Hall–Kier alpha value is -2.01. The van der Waals surface area contributed by atoms with Crippen molar-refractivity contribution in [2.75, 3.05) is 26.2 Å². The number of amides is 1. The molecule has 2 heterocycles. The lowest BCUT2D eigenvalue weighted by atomic mass is 9.92. The van der Waals surface area contributed by atoms with Crippen LogP contribution < -0.4 is 5.32 Å². The highest BCUT2D eigenvalue weighted by atomic mass is 16.3. The van der Waals surface area contributed by atoms with E-state index in [4.69, 9.17) is 4.42 Å². The largest absolute Gasteiger partial charge is 0.508 e. The quantitative estimate of drug-likeness (QED) is 0.814. The number of hydrogen-bond donors (Lipinski definition) is 2. The number of hydrogen-bond acceptors (Lipinski definition) is 4. The van der Waals surface area contributed by atoms with Crippen molar-refractivity contribution in [3.05, 3.63) is 29.5 Å². The predicted octanol–water partition coefficient (Wildman–Crippen LogP) is 3.54. The second kappa shape index (κ2) is 7.48. The molecular formula is C20H28N2O3. The molecule has 3 rings (SSSR count). The Bertz CT molecular complexity index is 743. The zero-order valence-corrected chi connectivity index (χ0v) is 15.3. The number of nitrogens with one attached hydrogen (secondary N) is 1. The van der Waals surface area contributed by atoms with Crippen LogP contribution in [0.1, 0.15) is 42.8 Å². The van der Waals surface area contributed by atoms with Crippen LogP contribution in [0.2, 0.25) is 0 Å². The summed E-state index contributed by atoms with van der Waals surface area (Å²) in [5.41, 5.74) is 1.14. The van der Waals surface area contributed by atoms with Crippen LogP contribution in [0.25, 0.3) is 11.0 Å². The third kappa shape index (κ3) is 4.15. The molecule has 1 aromatic heterocycles. The molecule has 0 spiro atoms. The van der Waals surface area contributed by atoms with Crippen molar-refractivity contribution in [1.82, 2.24) is 10.2 Å². The van der Waals surface area contributed by atoms with Crippen molar-refractivity contribution >= 4 is 16.9 Å². The van der Waals surface area contributed by atoms with Crippen LogP contribution in [-0.2, 0) is 0 Å². The van der Waals surface area contributed by atoms with Crippen molar-refractivity contribution in [1.29, 1.82) is 0 Å². The summed E-state index contributed by atoms with van der Waals surface area (Å²) < 4.78 is 5.62. The first kappa shape index (κ1) is 17.8. The lowest BCUT2D eigenvalue weighted by Crippen LogP contribution is -2.40. The van der Waals surface area contributed by atoms with Crippen molar-refractivity contribution in [3.63, 3.8) is 0 Å². The first-order valence-corrected chi connectivity index (χ1v) is 9.16. The van der Waals surface area contributed by atoms with Gasteiger partial charge in [0.05, 0.1) is 5.56 Å². The van der Waals surface area contributed by atoms with Crippen LogP contribution in [0.15, 0.2) is 22.6 Å². The molecule has 0 saturated carbocycles. The van der Waals surface area contributed by atoms with Gasteiger partial charge in [-0.3, -0.25) is 4.79 Å². The van der Waals surface area contributed by atoms with Gasteiger partial charge in [-0.1, -0.05) is 13.8 Å². The fourth-order valence-corrected chi connectivity index (χ4v) is 4.06. The summed E-state index contributed by atoms with van der Waals surface area (Å²) in [5.74, 6) is 2.09. The van der Waals surface area contributed by atoms with E-state index in [2.05, 4.69) is 24.1 Å². The number of fused-ring (bicyclic) bond motifs is 1. The highest BCUT2D eigenvalue weighted by molar-refractivity contribution is 6.07. The number of carbonyl (C=O) groups excluding carboxylic acids is 1. The number of rotatable bonds is 5. The Morgan fingerprint density at radius 3 is 2.76 bits per heavy atom. The monoisotopic (exact) mass is 344 g/mol. The second-order valence-electron chi connectivity index (χ2n) is 7.53. The number of phenols is 1. The molecule has 25 heavy (non-hydrogen) atoms. The maximum absolute atomic E-state index is 12.5. The predicted molar refractivity (Wildman–Crippen MR) is 99.0 cm³/mol. The van der Waals surface area contributed by atoms with Crippen LogP contribution in [0, 0.1) is 18.8 Å². The number of piperidine rings is 1. The van der Waals surface area contributed by atoms with Crippen LogP contribution in [0.3, 0.4) is 0 Å². The van der Waals surface area contributed by atoms with Gasteiger partial charge in [0.2, 0.25) is 0 Å². The summed E-state index contributed by atoms with van der Waals surface area (Å²) in [6.07, 6.45) is 2.25. The van der Waals surface area contributed by atoms with E-state index in [-0.39, 0.29) is 11.7 Å². The molecule has 2 N–H and O–H groups in total. The summed E-state index contributed by atoms with van der Waals surface area (Å²) in [5, 5.41) is 13.3. The first-order chi connectivity index (χ1) is 11.9. The minimum atomic E-state index is -0.137. The summed E-state index contributed by atoms with van der Waals surface area (Å²) in [6, 6.07) is 4.83. The number of phenolic OH excluding ortho intramolecular Hbond substituents is 1. The van der Waals surface area contributed by atoms with Crippen LogP contribution in [0.4, 0.5) is 0 Å². The summed E-state index contributed by atoms with van der Waals surface area (Å²) >= 11 is 0. The molecule has 0 unspecified atom stereocenters. The molecule has 1 fully saturated rings. The molecule has 136 valence electrons. The minimum Gasteiger partial charge on any atom is -0.508 e. The molecule has 2 atom stereocenters. The van der Waals surface area contributed by atoms with E-state index in [0.29, 0.717) is 28.8 Å². The Kier molecular flexibility index (Phi) is 5.33. The number of nitrogens with zero attached hydrogens (tertiary/aromatic N) is 1. The average molecular weight is 344 g/mol. The molecule has 5 heteroatoms. The highest BCUT2D eigenvalue weighted by Gasteiger charge is 2.21. The molecule has 1 aliphatic heterocycles. The summed E-state index contributed by atoms with van der Waals surface area (Å²) in [7, 11) is 0. The SMILES string of the molecule is Cc1oc2ccc(O)cc2c1C(=O)NCCCN1C[C@@H](C)C[C@H](C)C1. The Morgan fingerprint density at radius 2 is 2.04 bits per heavy atom. The third-order valence-electron chi connectivity index (χ3n) is 4.96. The fraction of sp³-hybridized carbons (Fsp3) is 0.550. The van der Waals surface area contributed by atoms with E-state index in [1.54, 1.807) is 25.1 Å². The molecule has 0 radical (unpaired) electrons. The van der Waals surface area contributed by atoms with Gasteiger partial charge in [0.1, 0.15) is 17.1 Å². The van der Waals surface area contributed by atoms with E-state index in [9.17, 15) is 9.90 Å². The van der Waals surface area contributed by atoms with Gasteiger partial charge in [-0.15, -0.1) is 0 Å². The zero-order chi connectivity index (χ0) is 18.0. The number of aromatic hydroxyl groups is 1. The Balaban J connectivity index is 1.55. The first-order valence-electron chi connectivity index (χ1n) is 9.16. The second-order valence-corrected chi connectivity index (χ2v) is 7.53. The van der Waals surface area contributed by atoms with Gasteiger partial charge < -0.3 is 19.7 Å². The van der Waals surface area contributed by atoms with E-state index in [1.807, 2.05) is 0 Å². The number of likely N-dealkylation sites (tertiary alicyclic amines) is 1. The third-order valence-corrected chi connectivity index (χ3v) is 4.96. The minimum absolute atomic E-state index is 0.135. The lowest BCUT2D eigenvalue weighted by molar-refractivity contribution is 0.0947. The lowest BCUT2D eigenvalue weighted by Gasteiger charge is -2.34. The Labute approximate surface area is 149 Å². The van der Waals surface area contributed by atoms with E-state index in [0.717, 1.165) is 37.9 Å². The van der Waals surface area contributed by atoms with Crippen molar-refractivity contribution < 1.29 is 14.3 Å². The van der Waals surface area contributed by atoms with Crippen molar-refractivity contribution in [2.24, 2.45) is 11.8 Å². The van der Waals surface area contributed by atoms with Gasteiger partial charge in [-0.05, 0) is 56.3 Å². The molecule has 1 amide bonds. The maximum Gasteiger partial charge on any atom is 0.255 e. The molecular weight excluding hydrogens is 316 g/mol. The molecule has 5 nitrogen and oxygen atoms in total. The van der Waals surface area contributed by atoms with Crippen LogP contribution in [0.5, 0.6) is 5.75 Å². The smallest absolute Gasteiger partial charge is 0.255 e. The van der Waals surface area contributed by atoms with E-state index in [1.165, 1.54) is 6.42 Å². The number of benzene rings is 1. The van der Waals surface area contributed by atoms with Crippen molar-refractivity contribution in [2.45, 2.75) is 33.6 Å². The Morgan fingerprint density at radius 1 is 1.32 bits per heavy atom. The standard InChI is InChI=1S/C20H28N2O3/c1-13-9-14(2)12-22(11-13)8-4-7-21-20(24)19-15(3)25-18-6-5-16(23)10-17(18)19/h5-6,10,13-14,23H,4,7-9,11-12H2,1-3H3,(H,21,24)/t13-,14-/m0/s1. The molecule has 1 aliphatic rings. The zero-order valence-electron chi connectivity index (χ0n) is 15.3. The molecule has 2 aromatic rings. The number of furan rings is 1. The number of aryl methyl sites for hydroxylation is 1. The van der Waals surface area contributed by atoms with Gasteiger partial charge in [0.15, 0.2) is 0 Å². The normalized spacial score (nSPS) is 21.6. The van der Waals surface area contributed by atoms with Gasteiger partial charge >= 0.3 is 0 Å². The molecule has 0 bridgehead atoms. The van der Waals surface area contributed by atoms with Gasteiger partial charge in [0.25, 0.3) is 5.91 Å². The highest BCUT2D eigenvalue weighted by Crippen LogP contribution is 2.28. The number of carbonyl (C=O) groups is 1. The van der Waals surface area contributed by atoms with Crippen LogP contribution >= 0.6 is 0 Å². The van der Waals surface area contributed by atoms with E-state index < -0.39 is 0 Å².